The lowest BCUT2D eigenvalue weighted by molar-refractivity contribution is 0.0816. The molecule has 0 fully saturated rings. The average Bonchev–Trinajstić information content (AvgIpc) is 2.66. The van der Waals surface area contributed by atoms with Crippen molar-refractivity contribution < 1.29 is 9.52 Å². The van der Waals surface area contributed by atoms with Crippen LogP contribution < -0.4 is 0 Å². The molecule has 0 radical (unpaired) electrons. The van der Waals surface area contributed by atoms with Gasteiger partial charge in [0.25, 0.3) is 0 Å². The highest BCUT2D eigenvalue weighted by Crippen LogP contribution is 2.21. The van der Waals surface area contributed by atoms with Gasteiger partial charge in [-0.1, -0.05) is 13.8 Å². The molecule has 15 heavy (non-hydrogen) atoms. The third kappa shape index (κ3) is 4.31. The molecule has 0 aliphatic rings. The molecule has 86 valence electrons. The number of hydrogen-bond acceptors (Lipinski definition) is 3. The fourth-order valence-corrected chi connectivity index (χ4v) is 2.27. The van der Waals surface area contributed by atoms with Gasteiger partial charge >= 0.3 is 0 Å². The van der Waals surface area contributed by atoms with Gasteiger partial charge in [-0.3, -0.25) is 0 Å². The van der Waals surface area contributed by atoms with Crippen molar-refractivity contribution in [2.24, 2.45) is 0 Å². The smallest absolute Gasteiger partial charge is 0.114 e. The summed E-state index contributed by atoms with van der Waals surface area (Å²) in [5.74, 6) is 3.64. The van der Waals surface area contributed by atoms with Crippen LogP contribution in [0.25, 0.3) is 0 Å². The maximum atomic E-state index is 9.80. The Kier molecular flexibility index (Phi) is 4.74. The molecule has 3 heteroatoms. The van der Waals surface area contributed by atoms with Gasteiger partial charge in [0.2, 0.25) is 0 Å². The maximum Gasteiger partial charge on any atom is 0.114 e. The summed E-state index contributed by atoms with van der Waals surface area (Å²) >= 11 is 1.72. The van der Waals surface area contributed by atoms with Crippen LogP contribution in [0.3, 0.4) is 0 Å². The van der Waals surface area contributed by atoms with Gasteiger partial charge in [0.05, 0.1) is 11.4 Å². The van der Waals surface area contributed by atoms with Crippen molar-refractivity contribution in [2.45, 2.75) is 45.0 Å². The van der Waals surface area contributed by atoms with E-state index >= 15 is 0 Å². The number of rotatable bonds is 6. The minimum Gasteiger partial charge on any atom is -0.465 e. The molecule has 0 aliphatic carbocycles. The lowest BCUT2D eigenvalue weighted by Gasteiger charge is -2.19. The molecule has 2 nitrogen and oxygen atoms in total. The first-order chi connectivity index (χ1) is 7.07. The SMILES string of the molecule is CCc1ccc(CSCC(C)(O)CC)o1. The predicted octanol–water partition coefficient (Wildman–Crippen LogP) is 3.24. The molecule has 1 aromatic rings. The first-order valence-electron chi connectivity index (χ1n) is 5.45. The summed E-state index contributed by atoms with van der Waals surface area (Å²) in [5, 5.41) is 9.80. The molecule has 0 aromatic carbocycles. The normalized spacial score (nSPS) is 15.2. The third-order valence-corrected chi connectivity index (χ3v) is 3.80. The first-order valence-corrected chi connectivity index (χ1v) is 6.60. The zero-order chi connectivity index (χ0) is 11.3. The highest BCUT2D eigenvalue weighted by Gasteiger charge is 2.17. The summed E-state index contributed by atoms with van der Waals surface area (Å²) in [4.78, 5) is 0. The zero-order valence-electron chi connectivity index (χ0n) is 9.75. The van der Waals surface area contributed by atoms with Crippen LogP contribution in [0.2, 0.25) is 0 Å². The highest BCUT2D eigenvalue weighted by atomic mass is 32.2. The number of aryl methyl sites for hydroxylation is 1. The van der Waals surface area contributed by atoms with E-state index in [0.29, 0.717) is 0 Å². The van der Waals surface area contributed by atoms with E-state index in [9.17, 15) is 5.11 Å². The van der Waals surface area contributed by atoms with Crippen molar-refractivity contribution in [1.82, 2.24) is 0 Å². The predicted molar refractivity (Wildman–Crippen MR) is 65.2 cm³/mol. The Labute approximate surface area is 96.1 Å². The summed E-state index contributed by atoms with van der Waals surface area (Å²) in [6.45, 7) is 5.96. The van der Waals surface area contributed by atoms with E-state index in [-0.39, 0.29) is 0 Å². The minimum atomic E-state index is -0.551. The molecule has 1 atom stereocenters. The van der Waals surface area contributed by atoms with Crippen LogP contribution >= 0.6 is 11.8 Å². The summed E-state index contributed by atoms with van der Waals surface area (Å²) < 4.78 is 5.58. The second-order valence-electron chi connectivity index (χ2n) is 4.06. The van der Waals surface area contributed by atoms with Gasteiger partial charge in [-0.05, 0) is 25.5 Å². The van der Waals surface area contributed by atoms with Crippen LogP contribution in [0, 0.1) is 0 Å². The van der Waals surface area contributed by atoms with E-state index in [0.717, 1.165) is 35.9 Å². The second-order valence-corrected chi connectivity index (χ2v) is 5.05. The van der Waals surface area contributed by atoms with Gasteiger partial charge < -0.3 is 9.52 Å². The van der Waals surface area contributed by atoms with E-state index in [4.69, 9.17) is 4.42 Å². The van der Waals surface area contributed by atoms with Crippen molar-refractivity contribution in [3.8, 4) is 0 Å². The van der Waals surface area contributed by atoms with Crippen molar-refractivity contribution >= 4 is 11.8 Å². The molecule has 1 unspecified atom stereocenters. The van der Waals surface area contributed by atoms with E-state index < -0.39 is 5.60 Å². The van der Waals surface area contributed by atoms with Gasteiger partial charge in [-0.15, -0.1) is 0 Å². The zero-order valence-corrected chi connectivity index (χ0v) is 10.6. The molecule has 1 N–H and O–H groups in total. The van der Waals surface area contributed by atoms with Crippen LogP contribution in [-0.2, 0) is 12.2 Å². The molecular weight excluding hydrogens is 208 g/mol. The molecular formula is C12H20O2S. The molecule has 0 saturated heterocycles. The largest absolute Gasteiger partial charge is 0.465 e. The van der Waals surface area contributed by atoms with Crippen LogP contribution in [0.5, 0.6) is 0 Å². The molecule has 1 rings (SSSR count). The third-order valence-electron chi connectivity index (χ3n) is 2.48. The van der Waals surface area contributed by atoms with Gasteiger partial charge in [-0.25, -0.2) is 0 Å². The highest BCUT2D eigenvalue weighted by molar-refractivity contribution is 7.98. The lowest BCUT2D eigenvalue weighted by atomic mass is 10.1. The Hall–Kier alpha value is -0.410. The molecule has 1 heterocycles. The lowest BCUT2D eigenvalue weighted by Crippen LogP contribution is -2.25. The fourth-order valence-electron chi connectivity index (χ4n) is 1.16. The van der Waals surface area contributed by atoms with E-state index in [2.05, 4.69) is 6.92 Å². The van der Waals surface area contributed by atoms with Crippen molar-refractivity contribution in [1.29, 1.82) is 0 Å². The van der Waals surface area contributed by atoms with Gasteiger partial charge in [0.1, 0.15) is 11.5 Å². The number of furan rings is 1. The molecule has 0 bridgehead atoms. The van der Waals surface area contributed by atoms with Crippen LogP contribution in [0.4, 0.5) is 0 Å². The number of thioether (sulfide) groups is 1. The Bertz CT molecular complexity index is 292. The van der Waals surface area contributed by atoms with Gasteiger partial charge in [-0.2, -0.15) is 11.8 Å². The number of hydrogen-bond donors (Lipinski definition) is 1. The Morgan fingerprint density at radius 3 is 2.53 bits per heavy atom. The Morgan fingerprint density at radius 2 is 2.00 bits per heavy atom. The summed E-state index contributed by atoms with van der Waals surface area (Å²) in [6, 6.07) is 4.04. The van der Waals surface area contributed by atoms with Gasteiger partial charge in [0.15, 0.2) is 0 Å². The van der Waals surface area contributed by atoms with Crippen LogP contribution in [0.1, 0.15) is 38.7 Å². The van der Waals surface area contributed by atoms with Crippen molar-refractivity contribution in [3.63, 3.8) is 0 Å². The summed E-state index contributed by atoms with van der Waals surface area (Å²) in [6.07, 6.45) is 1.73. The Morgan fingerprint density at radius 1 is 1.33 bits per heavy atom. The summed E-state index contributed by atoms with van der Waals surface area (Å²) in [5.41, 5.74) is -0.551. The van der Waals surface area contributed by atoms with Gasteiger partial charge in [0, 0.05) is 12.2 Å². The van der Waals surface area contributed by atoms with Crippen molar-refractivity contribution in [3.05, 3.63) is 23.7 Å². The fraction of sp³-hybridized carbons (Fsp3) is 0.667. The summed E-state index contributed by atoms with van der Waals surface area (Å²) in [7, 11) is 0. The molecule has 0 saturated carbocycles. The average molecular weight is 228 g/mol. The molecule has 0 aliphatic heterocycles. The molecule has 0 spiro atoms. The number of aliphatic hydroxyl groups is 1. The monoisotopic (exact) mass is 228 g/mol. The topological polar surface area (TPSA) is 33.4 Å². The quantitative estimate of drug-likeness (QED) is 0.811. The van der Waals surface area contributed by atoms with Crippen molar-refractivity contribution in [2.75, 3.05) is 5.75 Å². The molecule has 0 amide bonds. The van der Waals surface area contributed by atoms with E-state index in [1.807, 2.05) is 26.0 Å². The van der Waals surface area contributed by atoms with E-state index in [1.165, 1.54) is 0 Å². The minimum absolute atomic E-state index is 0.551. The first kappa shape index (κ1) is 12.7. The second kappa shape index (κ2) is 5.61. The standard InChI is InChI=1S/C12H20O2S/c1-4-10-6-7-11(14-10)8-15-9-12(3,13)5-2/h6-7,13H,4-5,8-9H2,1-3H3. The van der Waals surface area contributed by atoms with Crippen LogP contribution in [-0.4, -0.2) is 16.5 Å². The van der Waals surface area contributed by atoms with E-state index in [1.54, 1.807) is 11.8 Å². The maximum absolute atomic E-state index is 9.80. The Balaban J connectivity index is 2.31. The van der Waals surface area contributed by atoms with Crippen LogP contribution in [0.15, 0.2) is 16.5 Å². The molecule has 1 aromatic heterocycles.